The van der Waals surface area contributed by atoms with Gasteiger partial charge in [0.25, 0.3) is 0 Å². The van der Waals surface area contributed by atoms with Gasteiger partial charge in [-0.3, -0.25) is 5.10 Å². The summed E-state index contributed by atoms with van der Waals surface area (Å²) in [6.45, 7) is 1.69. The maximum atomic E-state index is 12.4. The number of nitrogens with zero attached hydrogens (tertiary/aromatic N) is 3. The first-order valence-electron chi connectivity index (χ1n) is 6.00. The number of nitrogens with one attached hydrogen (secondary N) is 1. The molecule has 1 atom stereocenters. The standard InChI is InChI=1S/C12H16N4O3S/c1-9(17)10-4-3-5-11(6-10)20(18,19)16(2)7-12-13-8-14-15-12/h3-6,8-9,17H,7H2,1-2H3,(H,13,14,15). The van der Waals surface area contributed by atoms with Gasteiger partial charge in [0.15, 0.2) is 0 Å². The topological polar surface area (TPSA) is 99.2 Å². The highest BCUT2D eigenvalue weighted by Crippen LogP contribution is 2.20. The Morgan fingerprint density at radius 3 is 2.80 bits per heavy atom. The number of hydrogen-bond donors (Lipinski definition) is 2. The highest BCUT2D eigenvalue weighted by atomic mass is 32.2. The number of aliphatic hydroxyl groups excluding tert-OH is 1. The average Bonchev–Trinajstić information content (AvgIpc) is 2.91. The molecule has 2 N–H and O–H groups in total. The molecule has 2 rings (SSSR count). The van der Waals surface area contributed by atoms with Gasteiger partial charge < -0.3 is 5.11 Å². The van der Waals surface area contributed by atoms with E-state index >= 15 is 0 Å². The minimum absolute atomic E-state index is 0.0985. The van der Waals surface area contributed by atoms with E-state index in [4.69, 9.17) is 0 Å². The number of benzene rings is 1. The Bertz CT molecular complexity index is 668. The number of hydrogen-bond acceptors (Lipinski definition) is 5. The van der Waals surface area contributed by atoms with Crippen LogP contribution in [0.5, 0.6) is 0 Å². The van der Waals surface area contributed by atoms with Crippen molar-refractivity contribution in [1.29, 1.82) is 0 Å². The van der Waals surface area contributed by atoms with Gasteiger partial charge in [-0.05, 0) is 24.6 Å². The Morgan fingerprint density at radius 2 is 2.20 bits per heavy atom. The first-order chi connectivity index (χ1) is 9.41. The summed E-state index contributed by atoms with van der Waals surface area (Å²) < 4.78 is 26.0. The molecular weight excluding hydrogens is 280 g/mol. The van der Waals surface area contributed by atoms with Gasteiger partial charge in [-0.2, -0.15) is 9.40 Å². The van der Waals surface area contributed by atoms with E-state index in [0.29, 0.717) is 11.4 Å². The lowest BCUT2D eigenvalue weighted by Crippen LogP contribution is -2.27. The van der Waals surface area contributed by atoms with Crippen molar-refractivity contribution in [2.45, 2.75) is 24.5 Å². The van der Waals surface area contributed by atoms with E-state index < -0.39 is 16.1 Å². The lowest BCUT2D eigenvalue weighted by atomic mass is 10.1. The lowest BCUT2D eigenvalue weighted by Gasteiger charge is -2.16. The molecule has 20 heavy (non-hydrogen) atoms. The van der Waals surface area contributed by atoms with Gasteiger partial charge in [-0.1, -0.05) is 12.1 Å². The maximum absolute atomic E-state index is 12.4. The van der Waals surface area contributed by atoms with Crippen LogP contribution in [0.1, 0.15) is 24.4 Å². The summed E-state index contributed by atoms with van der Waals surface area (Å²) >= 11 is 0. The molecule has 0 bridgehead atoms. The van der Waals surface area contributed by atoms with Crippen LogP contribution in [-0.4, -0.2) is 40.1 Å². The highest BCUT2D eigenvalue weighted by Gasteiger charge is 2.22. The van der Waals surface area contributed by atoms with Gasteiger partial charge in [-0.25, -0.2) is 13.4 Å². The second-order valence-corrected chi connectivity index (χ2v) is 6.49. The molecule has 0 amide bonds. The van der Waals surface area contributed by atoms with E-state index in [1.807, 2.05) is 0 Å². The van der Waals surface area contributed by atoms with Gasteiger partial charge in [0.1, 0.15) is 12.2 Å². The number of aliphatic hydroxyl groups is 1. The molecule has 0 aliphatic heterocycles. The van der Waals surface area contributed by atoms with Crippen molar-refractivity contribution in [1.82, 2.24) is 19.5 Å². The maximum Gasteiger partial charge on any atom is 0.243 e. The summed E-state index contributed by atoms with van der Waals surface area (Å²) in [5.41, 5.74) is 0.555. The summed E-state index contributed by atoms with van der Waals surface area (Å²) in [6, 6.07) is 6.26. The van der Waals surface area contributed by atoms with Crippen LogP contribution in [-0.2, 0) is 16.6 Å². The minimum Gasteiger partial charge on any atom is -0.389 e. The lowest BCUT2D eigenvalue weighted by molar-refractivity contribution is 0.199. The molecule has 2 aromatic rings. The molecule has 1 aromatic carbocycles. The molecule has 1 unspecified atom stereocenters. The molecule has 0 spiro atoms. The molecule has 8 heteroatoms. The molecule has 0 saturated carbocycles. The van der Waals surface area contributed by atoms with E-state index in [-0.39, 0.29) is 11.4 Å². The molecule has 0 aliphatic carbocycles. The fourth-order valence-electron chi connectivity index (χ4n) is 1.72. The van der Waals surface area contributed by atoms with E-state index in [1.165, 1.54) is 29.8 Å². The van der Waals surface area contributed by atoms with E-state index in [9.17, 15) is 13.5 Å². The fraction of sp³-hybridized carbons (Fsp3) is 0.333. The van der Waals surface area contributed by atoms with Crippen molar-refractivity contribution in [3.05, 3.63) is 42.0 Å². The third-order valence-corrected chi connectivity index (χ3v) is 4.69. The molecular formula is C12H16N4O3S. The van der Waals surface area contributed by atoms with E-state index in [0.717, 1.165) is 0 Å². The molecule has 0 saturated heterocycles. The monoisotopic (exact) mass is 296 g/mol. The Hall–Kier alpha value is -1.77. The van der Waals surface area contributed by atoms with E-state index in [1.54, 1.807) is 19.1 Å². The number of aromatic nitrogens is 3. The van der Waals surface area contributed by atoms with Crippen LogP contribution in [0.15, 0.2) is 35.5 Å². The predicted octanol–water partition coefficient (Wildman–Crippen LogP) is 0.679. The van der Waals surface area contributed by atoms with Crippen LogP contribution in [0, 0.1) is 0 Å². The van der Waals surface area contributed by atoms with Crippen LogP contribution in [0.4, 0.5) is 0 Å². The molecule has 0 fully saturated rings. The zero-order valence-corrected chi connectivity index (χ0v) is 12.0. The Labute approximate surface area is 117 Å². The normalized spacial score (nSPS) is 13.6. The van der Waals surface area contributed by atoms with Crippen molar-refractivity contribution in [3.8, 4) is 0 Å². The number of rotatable bonds is 5. The summed E-state index contributed by atoms with van der Waals surface area (Å²) in [6.07, 6.45) is 0.605. The fourth-order valence-corrected chi connectivity index (χ4v) is 2.91. The molecule has 0 aliphatic rings. The SMILES string of the molecule is CC(O)c1cccc(S(=O)(=O)N(C)Cc2ncn[nH]2)c1. The molecule has 7 nitrogen and oxygen atoms in total. The molecule has 1 aromatic heterocycles. The smallest absolute Gasteiger partial charge is 0.243 e. The Kier molecular flexibility index (Phi) is 4.17. The summed E-state index contributed by atoms with van der Waals surface area (Å²) in [5, 5.41) is 15.8. The third kappa shape index (κ3) is 3.03. The van der Waals surface area contributed by atoms with Crippen molar-refractivity contribution >= 4 is 10.0 Å². The van der Waals surface area contributed by atoms with Gasteiger partial charge in [-0.15, -0.1) is 0 Å². The molecule has 0 radical (unpaired) electrons. The Balaban J connectivity index is 2.27. The van der Waals surface area contributed by atoms with Crippen molar-refractivity contribution < 1.29 is 13.5 Å². The summed E-state index contributed by atoms with van der Waals surface area (Å²) in [7, 11) is -2.17. The third-order valence-electron chi connectivity index (χ3n) is 2.89. The zero-order valence-electron chi connectivity index (χ0n) is 11.2. The van der Waals surface area contributed by atoms with Crippen molar-refractivity contribution in [2.24, 2.45) is 0 Å². The average molecular weight is 296 g/mol. The van der Waals surface area contributed by atoms with Crippen molar-refractivity contribution in [2.75, 3.05) is 7.05 Å². The summed E-state index contributed by atoms with van der Waals surface area (Å²) in [5.74, 6) is 0.461. The van der Waals surface area contributed by atoms with Gasteiger partial charge in [0.2, 0.25) is 10.0 Å². The Morgan fingerprint density at radius 1 is 1.45 bits per heavy atom. The van der Waals surface area contributed by atoms with Crippen LogP contribution in [0.3, 0.4) is 0 Å². The van der Waals surface area contributed by atoms with Crippen molar-refractivity contribution in [3.63, 3.8) is 0 Å². The zero-order chi connectivity index (χ0) is 14.8. The predicted molar refractivity (Wildman–Crippen MR) is 72.1 cm³/mol. The van der Waals surface area contributed by atoms with Gasteiger partial charge in [0, 0.05) is 7.05 Å². The second-order valence-electron chi connectivity index (χ2n) is 4.44. The van der Waals surface area contributed by atoms with Crippen LogP contribution < -0.4 is 0 Å². The number of aromatic amines is 1. The van der Waals surface area contributed by atoms with Crippen LogP contribution >= 0.6 is 0 Å². The van der Waals surface area contributed by atoms with Crippen LogP contribution in [0.25, 0.3) is 0 Å². The number of sulfonamides is 1. The first-order valence-corrected chi connectivity index (χ1v) is 7.44. The molecule has 1 heterocycles. The van der Waals surface area contributed by atoms with Crippen LogP contribution in [0.2, 0.25) is 0 Å². The van der Waals surface area contributed by atoms with E-state index in [2.05, 4.69) is 15.2 Å². The second kappa shape index (κ2) is 5.70. The quantitative estimate of drug-likeness (QED) is 0.845. The molecule has 108 valence electrons. The van der Waals surface area contributed by atoms with Gasteiger partial charge >= 0.3 is 0 Å². The number of H-pyrrole nitrogens is 1. The minimum atomic E-state index is -3.64. The van der Waals surface area contributed by atoms with Gasteiger partial charge in [0.05, 0.1) is 17.5 Å². The first kappa shape index (κ1) is 14.6. The highest BCUT2D eigenvalue weighted by molar-refractivity contribution is 7.89. The largest absolute Gasteiger partial charge is 0.389 e. The summed E-state index contributed by atoms with van der Waals surface area (Å²) in [4.78, 5) is 4.03.